The molecule has 0 heterocycles. The van der Waals surface area contributed by atoms with Gasteiger partial charge < -0.3 is 0 Å². The van der Waals surface area contributed by atoms with E-state index in [4.69, 9.17) is 0 Å². The lowest BCUT2D eigenvalue weighted by atomic mass is 9.86. The van der Waals surface area contributed by atoms with Crippen molar-refractivity contribution in [2.75, 3.05) is 0 Å². The Kier molecular flexibility index (Phi) is 3.62. The van der Waals surface area contributed by atoms with Crippen LogP contribution in [0, 0.1) is 0 Å². The highest BCUT2D eigenvalue weighted by molar-refractivity contribution is 9.10. The smallest absolute Gasteiger partial charge is 0.0181 e. The molecule has 0 aliphatic heterocycles. The summed E-state index contributed by atoms with van der Waals surface area (Å²) in [5, 5.41) is 2.54. The van der Waals surface area contributed by atoms with E-state index in [1.165, 1.54) is 27.5 Å². The maximum absolute atomic E-state index is 3.54. The van der Waals surface area contributed by atoms with Crippen molar-refractivity contribution in [1.29, 1.82) is 0 Å². The van der Waals surface area contributed by atoms with Crippen molar-refractivity contribution in [3.8, 4) is 11.1 Å². The number of hydrogen-bond donors (Lipinski definition) is 0. The van der Waals surface area contributed by atoms with E-state index in [-0.39, 0.29) is 5.41 Å². The molecule has 3 aromatic rings. The Morgan fingerprint density at radius 3 is 1.95 bits per heavy atom. The first-order chi connectivity index (χ1) is 9.93. The summed E-state index contributed by atoms with van der Waals surface area (Å²) in [4.78, 5) is 0. The van der Waals surface area contributed by atoms with Crippen LogP contribution < -0.4 is 0 Å². The highest BCUT2D eigenvalue weighted by Crippen LogP contribution is 2.29. The van der Waals surface area contributed by atoms with E-state index >= 15 is 0 Å². The molecule has 3 aromatic carbocycles. The van der Waals surface area contributed by atoms with Crippen LogP contribution in [0.4, 0.5) is 0 Å². The molecule has 0 bridgehead atoms. The topological polar surface area (TPSA) is 0 Å². The van der Waals surface area contributed by atoms with E-state index in [0.29, 0.717) is 0 Å². The molecule has 3 rings (SSSR count). The van der Waals surface area contributed by atoms with Crippen LogP contribution in [0.3, 0.4) is 0 Å². The minimum atomic E-state index is 0.201. The van der Waals surface area contributed by atoms with E-state index in [1.54, 1.807) is 0 Å². The van der Waals surface area contributed by atoms with Crippen molar-refractivity contribution < 1.29 is 0 Å². The van der Waals surface area contributed by atoms with Crippen LogP contribution in [0.2, 0.25) is 0 Å². The molecule has 0 amide bonds. The van der Waals surface area contributed by atoms with E-state index in [0.717, 1.165) is 4.47 Å². The summed E-state index contributed by atoms with van der Waals surface area (Å²) in [6, 6.07) is 22.0. The summed E-state index contributed by atoms with van der Waals surface area (Å²) in [6.07, 6.45) is 0. The molecule has 21 heavy (non-hydrogen) atoms. The zero-order valence-electron chi connectivity index (χ0n) is 12.7. The molecule has 0 aromatic heterocycles. The molecule has 0 aliphatic carbocycles. The summed E-state index contributed by atoms with van der Waals surface area (Å²) in [5.41, 5.74) is 4.10. The standard InChI is InChI=1S/C20H19Br/c1-20(2,3)18-9-6-14(7-10-18)16-5-4-15-8-11-19(21)13-17(15)12-16/h4-13H,1-3H3. The lowest BCUT2D eigenvalue weighted by molar-refractivity contribution is 0.590. The summed E-state index contributed by atoms with van der Waals surface area (Å²) in [6.45, 7) is 6.74. The molecule has 0 N–H and O–H groups in total. The molecule has 106 valence electrons. The van der Waals surface area contributed by atoms with Crippen molar-refractivity contribution in [2.45, 2.75) is 26.2 Å². The van der Waals surface area contributed by atoms with Crippen LogP contribution in [0.5, 0.6) is 0 Å². The van der Waals surface area contributed by atoms with Gasteiger partial charge in [0.2, 0.25) is 0 Å². The average molecular weight is 339 g/mol. The Balaban J connectivity index is 2.04. The number of hydrogen-bond acceptors (Lipinski definition) is 0. The van der Waals surface area contributed by atoms with Crippen LogP contribution in [0.15, 0.2) is 65.1 Å². The minimum absolute atomic E-state index is 0.201. The first kappa shape index (κ1) is 14.3. The van der Waals surface area contributed by atoms with Gasteiger partial charge in [0.05, 0.1) is 0 Å². The van der Waals surface area contributed by atoms with Gasteiger partial charge in [0.25, 0.3) is 0 Å². The van der Waals surface area contributed by atoms with Crippen LogP contribution in [-0.4, -0.2) is 0 Å². The number of fused-ring (bicyclic) bond motifs is 1. The maximum Gasteiger partial charge on any atom is 0.0181 e. The minimum Gasteiger partial charge on any atom is -0.0579 e. The quantitative estimate of drug-likeness (QED) is 0.470. The molecule has 0 spiro atoms. The third-order valence-electron chi connectivity index (χ3n) is 3.89. The van der Waals surface area contributed by atoms with E-state index in [2.05, 4.69) is 97.4 Å². The van der Waals surface area contributed by atoms with Crippen molar-refractivity contribution >= 4 is 26.7 Å². The van der Waals surface area contributed by atoms with Gasteiger partial charge in [-0.25, -0.2) is 0 Å². The van der Waals surface area contributed by atoms with Crippen LogP contribution >= 0.6 is 15.9 Å². The molecule has 0 atom stereocenters. The summed E-state index contributed by atoms with van der Waals surface area (Å²) in [5.74, 6) is 0. The average Bonchev–Trinajstić information content (AvgIpc) is 2.45. The van der Waals surface area contributed by atoms with E-state index in [9.17, 15) is 0 Å². The Morgan fingerprint density at radius 2 is 1.29 bits per heavy atom. The van der Waals surface area contributed by atoms with Gasteiger partial charge in [0, 0.05) is 4.47 Å². The third kappa shape index (κ3) is 3.03. The molecule has 0 nitrogen and oxygen atoms in total. The van der Waals surface area contributed by atoms with Crippen LogP contribution in [-0.2, 0) is 5.41 Å². The molecular weight excluding hydrogens is 320 g/mol. The van der Waals surface area contributed by atoms with E-state index in [1.807, 2.05) is 0 Å². The maximum atomic E-state index is 3.54. The fraction of sp³-hybridized carbons (Fsp3) is 0.200. The Hall–Kier alpha value is -1.60. The van der Waals surface area contributed by atoms with Gasteiger partial charge in [0.15, 0.2) is 0 Å². The van der Waals surface area contributed by atoms with Gasteiger partial charge in [-0.1, -0.05) is 79.2 Å². The molecule has 1 heteroatoms. The summed E-state index contributed by atoms with van der Waals surface area (Å²) < 4.78 is 1.12. The molecule has 0 fully saturated rings. The first-order valence-corrected chi connectivity index (χ1v) is 8.03. The zero-order valence-corrected chi connectivity index (χ0v) is 14.2. The monoisotopic (exact) mass is 338 g/mol. The highest BCUT2D eigenvalue weighted by atomic mass is 79.9. The van der Waals surface area contributed by atoms with Crippen molar-refractivity contribution in [3.05, 3.63) is 70.7 Å². The fourth-order valence-corrected chi connectivity index (χ4v) is 2.94. The molecule has 0 radical (unpaired) electrons. The van der Waals surface area contributed by atoms with Crippen LogP contribution in [0.25, 0.3) is 21.9 Å². The molecule has 0 unspecified atom stereocenters. The first-order valence-electron chi connectivity index (χ1n) is 7.24. The lowest BCUT2D eigenvalue weighted by Gasteiger charge is -2.19. The molecule has 0 saturated carbocycles. The van der Waals surface area contributed by atoms with Gasteiger partial charge in [-0.3, -0.25) is 0 Å². The second-order valence-corrected chi connectivity index (χ2v) is 7.45. The fourth-order valence-electron chi connectivity index (χ4n) is 2.56. The van der Waals surface area contributed by atoms with Gasteiger partial charge >= 0.3 is 0 Å². The van der Waals surface area contributed by atoms with Crippen molar-refractivity contribution in [2.24, 2.45) is 0 Å². The van der Waals surface area contributed by atoms with Crippen molar-refractivity contribution in [3.63, 3.8) is 0 Å². The van der Waals surface area contributed by atoms with Gasteiger partial charge in [-0.15, -0.1) is 0 Å². The second kappa shape index (κ2) is 5.31. The molecule has 0 aliphatic rings. The van der Waals surface area contributed by atoms with E-state index < -0.39 is 0 Å². The third-order valence-corrected chi connectivity index (χ3v) is 4.38. The number of rotatable bonds is 1. The molecule has 0 saturated heterocycles. The van der Waals surface area contributed by atoms with Crippen molar-refractivity contribution in [1.82, 2.24) is 0 Å². The molecular formula is C20H19Br. The normalized spacial score (nSPS) is 11.8. The number of benzene rings is 3. The highest BCUT2D eigenvalue weighted by Gasteiger charge is 2.13. The zero-order chi connectivity index (χ0) is 15.0. The predicted molar refractivity (Wildman–Crippen MR) is 95.8 cm³/mol. The Morgan fingerprint density at radius 1 is 0.667 bits per heavy atom. The second-order valence-electron chi connectivity index (χ2n) is 6.53. The van der Waals surface area contributed by atoms with Crippen LogP contribution in [0.1, 0.15) is 26.3 Å². The SMILES string of the molecule is CC(C)(C)c1ccc(-c2ccc3ccc(Br)cc3c2)cc1. The predicted octanol–water partition coefficient (Wildman–Crippen LogP) is 6.57. The Bertz CT molecular complexity index is 777. The number of halogens is 1. The van der Waals surface area contributed by atoms with Gasteiger partial charge in [0.1, 0.15) is 0 Å². The summed E-state index contributed by atoms with van der Waals surface area (Å²) in [7, 11) is 0. The lowest BCUT2D eigenvalue weighted by Crippen LogP contribution is -2.10. The van der Waals surface area contributed by atoms with Gasteiger partial charge in [-0.05, 0) is 51.1 Å². The van der Waals surface area contributed by atoms with Gasteiger partial charge in [-0.2, -0.15) is 0 Å². The Labute approximate surface area is 134 Å². The summed E-state index contributed by atoms with van der Waals surface area (Å²) >= 11 is 3.54. The largest absolute Gasteiger partial charge is 0.0579 e.